The van der Waals surface area contributed by atoms with Crippen molar-refractivity contribution in [2.45, 2.75) is 19.8 Å². The number of aliphatic hydroxyl groups excluding tert-OH is 1. The molecule has 1 saturated heterocycles. The van der Waals surface area contributed by atoms with Crippen molar-refractivity contribution in [1.29, 1.82) is 0 Å². The number of piperidine rings is 1. The Kier molecular flexibility index (Phi) is 16.4. The SMILES string of the molecule is CC1CCNCC1.CO.CP. The fourth-order valence-corrected chi connectivity index (χ4v) is 0.966. The number of hydrogen-bond acceptors (Lipinski definition) is 2. The van der Waals surface area contributed by atoms with Gasteiger partial charge in [0.2, 0.25) is 0 Å². The molecular formula is C8H22NOP. The summed E-state index contributed by atoms with van der Waals surface area (Å²) in [6.07, 6.45) is 2.75. The third kappa shape index (κ3) is 10.4. The third-order valence-electron chi connectivity index (χ3n) is 1.63. The molecule has 1 atom stereocenters. The van der Waals surface area contributed by atoms with E-state index in [1.807, 2.05) is 6.66 Å². The summed E-state index contributed by atoms with van der Waals surface area (Å²) in [6.45, 7) is 6.71. The smallest absolute Gasteiger partial charge is 0.0319 e. The molecule has 1 heterocycles. The Morgan fingerprint density at radius 1 is 1.18 bits per heavy atom. The molecule has 0 aromatic rings. The van der Waals surface area contributed by atoms with E-state index in [4.69, 9.17) is 5.11 Å². The summed E-state index contributed by atoms with van der Waals surface area (Å²) in [7, 11) is 3.42. The van der Waals surface area contributed by atoms with Gasteiger partial charge in [0.25, 0.3) is 0 Å². The number of rotatable bonds is 0. The highest BCUT2D eigenvalue weighted by Crippen LogP contribution is 2.08. The summed E-state index contributed by atoms with van der Waals surface area (Å²) in [5.74, 6) is 0.973. The lowest BCUT2D eigenvalue weighted by atomic mass is 10.0. The second-order valence-electron chi connectivity index (χ2n) is 2.43. The zero-order valence-electron chi connectivity index (χ0n) is 7.93. The van der Waals surface area contributed by atoms with Gasteiger partial charge in [0.1, 0.15) is 0 Å². The maximum absolute atomic E-state index is 7.00. The topological polar surface area (TPSA) is 32.3 Å². The quantitative estimate of drug-likeness (QED) is 0.546. The molecule has 2 N–H and O–H groups in total. The van der Waals surface area contributed by atoms with Gasteiger partial charge < -0.3 is 10.4 Å². The molecule has 0 radical (unpaired) electrons. The van der Waals surface area contributed by atoms with E-state index in [0.717, 1.165) is 13.0 Å². The zero-order valence-corrected chi connectivity index (χ0v) is 9.09. The molecule has 1 fully saturated rings. The van der Waals surface area contributed by atoms with Crippen LogP contribution < -0.4 is 5.32 Å². The van der Waals surface area contributed by atoms with Crippen LogP contribution >= 0.6 is 9.24 Å². The van der Waals surface area contributed by atoms with Gasteiger partial charge >= 0.3 is 0 Å². The van der Waals surface area contributed by atoms with Crippen LogP contribution in [0.3, 0.4) is 0 Å². The fourth-order valence-electron chi connectivity index (χ4n) is 0.966. The molecule has 0 spiro atoms. The first-order valence-corrected chi connectivity index (χ1v) is 5.28. The molecule has 3 heteroatoms. The van der Waals surface area contributed by atoms with Crippen LogP contribution in [0.25, 0.3) is 0 Å². The molecule has 1 unspecified atom stereocenters. The van der Waals surface area contributed by atoms with Crippen molar-refractivity contribution < 1.29 is 5.11 Å². The van der Waals surface area contributed by atoms with Gasteiger partial charge in [-0.1, -0.05) is 13.6 Å². The van der Waals surface area contributed by atoms with Crippen molar-refractivity contribution in [1.82, 2.24) is 5.32 Å². The molecule has 0 aromatic heterocycles. The summed E-state index contributed by atoms with van der Waals surface area (Å²) >= 11 is 0. The van der Waals surface area contributed by atoms with Gasteiger partial charge in [0.05, 0.1) is 0 Å². The predicted octanol–water partition coefficient (Wildman–Crippen LogP) is 1.11. The van der Waals surface area contributed by atoms with Crippen LogP contribution in [0.5, 0.6) is 0 Å². The Hall–Kier alpha value is 0.350. The van der Waals surface area contributed by atoms with Gasteiger partial charge in [0.15, 0.2) is 0 Å². The molecule has 0 aromatic carbocycles. The Bertz CT molecular complexity index is 56.1. The molecule has 1 rings (SSSR count). The maximum atomic E-state index is 7.00. The van der Waals surface area contributed by atoms with Crippen molar-refractivity contribution in [3.63, 3.8) is 0 Å². The molecular weight excluding hydrogens is 157 g/mol. The van der Waals surface area contributed by atoms with E-state index < -0.39 is 0 Å². The highest BCUT2D eigenvalue weighted by molar-refractivity contribution is 7.15. The molecule has 70 valence electrons. The Morgan fingerprint density at radius 3 is 1.73 bits per heavy atom. The van der Waals surface area contributed by atoms with Gasteiger partial charge in [-0.25, -0.2) is 0 Å². The Balaban J connectivity index is 0. The first-order valence-electron chi connectivity index (χ1n) is 4.13. The van der Waals surface area contributed by atoms with E-state index >= 15 is 0 Å². The van der Waals surface area contributed by atoms with E-state index in [1.54, 1.807) is 0 Å². The lowest BCUT2D eigenvalue weighted by Gasteiger charge is -2.17. The third-order valence-corrected chi connectivity index (χ3v) is 1.63. The van der Waals surface area contributed by atoms with E-state index in [1.165, 1.54) is 25.9 Å². The van der Waals surface area contributed by atoms with Gasteiger partial charge in [-0.2, -0.15) is 0 Å². The fraction of sp³-hybridized carbons (Fsp3) is 1.00. The average Bonchev–Trinajstić information content (AvgIpc) is 2.13. The average molecular weight is 179 g/mol. The van der Waals surface area contributed by atoms with Crippen LogP contribution in [0, 0.1) is 5.92 Å². The Morgan fingerprint density at radius 2 is 1.55 bits per heavy atom. The molecule has 1 aliphatic heterocycles. The molecule has 11 heavy (non-hydrogen) atoms. The minimum Gasteiger partial charge on any atom is -0.400 e. The van der Waals surface area contributed by atoms with Gasteiger partial charge in [-0.15, -0.1) is 9.24 Å². The van der Waals surface area contributed by atoms with Crippen LogP contribution in [0.15, 0.2) is 0 Å². The first-order chi connectivity index (χ1) is 5.39. The monoisotopic (exact) mass is 179 g/mol. The minimum absolute atomic E-state index is 0.973. The van der Waals surface area contributed by atoms with Gasteiger partial charge in [-0.05, 0) is 31.8 Å². The lowest BCUT2D eigenvalue weighted by molar-refractivity contribution is 0.399. The summed E-state index contributed by atoms with van der Waals surface area (Å²) in [5.41, 5.74) is 0. The highest BCUT2D eigenvalue weighted by Gasteiger charge is 2.04. The largest absolute Gasteiger partial charge is 0.400 e. The molecule has 0 aliphatic carbocycles. The highest BCUT2D eigenvalue weighted by atomic mass is 31.0. The van der Waals surface area contributed by atoms with Crippen molar-refractivity contribution in [2.24, 2.45) is 5.92 Å². The van der Waals surface area contributed by atoms with Crippen molar-refractivity contribution >= 4 is 9.24 Å². The molecule has 0 amide bonds. The normalized spacial score (nSPS) is 17.2. The van der Waals surface area contributed by atoms with Crippen LogP contribution in [0.4, 0.5) is 0 Å². The lowest BCUT2D eigenvalue weighted by Crippen LogP contribution is -2.26. The number of aliphatic hydroxyl groups is 1. The predicted molar refractivity (Wildman–Crippen MR) is 55.0 cm³/mol. The van der Waals surface area contributed by atoms with Gasteiger partial charge in [-0.3, -0.25) is 0 Å². The molecule has 1 aliphatic rings. The maximum Gasteiger partial charge on any atom is 0.0319 e. The van der Waals surface area contributed by atoms with Crippen LogP contribution in [0.2, 0.25) is 0 Å². The van der Waals surface area contributed by atoms with Crippen LogP contribution in [-0.2, 0) is 0 Å². The first kappa shape index (κ1) is 13.9. The van der Waals surface area contributed by atoms with Crippen molar-refractivity contribution in [3.8, 4) is 0 Å². The van der Waals surface area contributed by atoms with Crippen LogP contribution in [0.1, 0.15) is 19.8 Å². The zero-order chi connectivity index (χ0) is 9.11. The molecule has 2 nitrogen and oxygen atoms in total. The van der Waals surface area contributed by atoms with Crippen LogP contribution in [-0.4, -0.2) is 32.0 Å². The minimum atomic E-state index is 0.973. The number of hydrogen-bond donors (Lipinski definition) is 2. The standard InChI is InChI=1S/C6H13N.CH4O.CH5P/c1-6-2-4-7-5-3-6;2*1-2/h6-7H,2-5H2,1H3;2H,1H3;2H2,1H3. The molecule has 0 bridgehead atoms. The van der Waals surface area contributed by atoms with Gasteiger partial charge in [0, 0.05) is 7.11 Å². The van der Waals surface area contributed by atoms with E-state index in [0.29, 0.717) is 0 Å². The van der Waals surface area contributed by atoms with E-state index in [-0.39, 0.29) is 0 Å². The Labute approximate surface area is 73.0 Å². The van der Waals surface area contributed by atoms with E-state index in [2.05, 4.69) is 21.5 Å². The van der Waals surface area contributed by atoms with E-state index in [9.17, 15) is 0 Å². The summed E-state index contributed by atoms with van der Waals surface area (Å²) in [6, 6.07) is 0. The van der Waals surface area contributed by atoms with Crippen molar-refractivity contribution in [2.75, 3.05) is 26.9 Å². The second kappa shape index (κ2) is 13.0. The summed E-state index contributed by atoms with van der Waals surface area (Å²) in [4.78, 5) is 0. The summed E-state index contributed by atoms with van der Waals surface area (Å²) in [5, 5.41) is 10.3. The van der Waals surface area contributed by atoms with Crippen molar-refractivity contribution in [3.05, 3.63) is 0 Å². The second-order valence-corrected chi connectivity index (χ2v) is 2.43. The molecule has 0 saturated carbocycles. The number of nitrogens with one attached hydrogen (secondary N) is 1. The summed E-state index contributed by atoms with van der Waals surface area (Å²) < 4.78 is 0.